The number of hydrogen-bond donors (Lipinski definition) is 0. The third-order valence-corrected chi connectivity index (χ3v) is 5.18. The predicted molar refractivity (Wildman–Crippen MR) is 87.6 cm³/mol. The zero-order valence-corrected chi connectivity index (χ0v) is 13.4. The highest BCUT2D eigenvalue weighted by atomic mass is 35.5. The molecule has 0 saturated heterocycles. The van der Waals surface area contributed by atoms with E-state index in [0.29, 0.717) is 15.7 Å². The molecule has 0 unspecified atom stereocenters. The van der Waals surface area contributed by atoms with Gasteiger partial charge in [0, 0.05) is 5.02 Å². The van der Waals surface area contributed by atoms with Gasteiger partial charge >= 0.3 is 0 Å². The Balaban J connectivity index is 2.54. The van der Waals surface area contributed by atoms with Crippen LogP contribution in [0.4, 0.5) is 5.69 Å². The van der Waals surface area contributed by atoms with Crippen molar-refractivity contribution in [1.29, 1.82) is 0 Å². The quantitative estimate of drug-likeness (QED) is 0.757. The average Bonchev–Trinajstić information content (AvgIpc) is 2.46. The van der Waals surface area contributed by atoms with Crippen LogP contribution in [-0.2, 0) is 10.0 Å². The van der Waals surface area contributed by atoms with Crippen LogP contribution in [-0.4, -0.2) is 15.0 Å². The number of rotatable bonds is 5. The van der Waals surface area contributed by atoms with Gasteiger partial charge in [0.2, 0.25) is 0 Å². The molecular formula is C15H13Cl2NO2S. The Kier molecular flexibility index (Phi) is 4.93. The standard InChI is InChI=1S/C15H13Cl2NO2S/c1-2-11-18(15-6-4-3-5-14(15)17)21(19,20)13-9-7-12(16)8-10-13/h2-10H,1,11H2. The molecule has 0 atom stereocenters. The van der Waals surface area contributed by atoms with Gasteiger partial charge in [0.05, 0.1) is 22.2 Å². The van der Waals surface area contributed by atoms with E-state index >= 15 is 0 Å². The van der Waals surface area contributed by atoms with Crippen LogP contribution >= 0.6 is 23.2 Å². The molecule has 0 spiro atoms. The Hall–Kier alpha value is -1.49. The molecule has 2 aromatic rings. The SMILES string of the molecule is C=CCN(c1ccccc1Cl)S(=O)(=O)c1ccc(Cl)cc1. The third-order valence-electron chi connectivity index (χ3n) is 2.82. The number of sulfonamides is 1. The van der Waals surface area contributed by atoms with Crippen molar-refractivity contribution in [2.24, 2.45) is 0 Å². The second-order valence-electron chi connectivity index (χ2n) is 4.23. The van der Waals surface area contributed by atoms with Gasteiger partial charge in [0.25, 0.3) is 10.0 Å². The summed E-state index contributed by atoms with van der Waals surface area (Å²) in [5, 5.41) is 0.832. The van der Waals surface area contributed by atoms with Crippen LogP contribution in [0.2, 0.25) is 10.0 Å². The summed E-state index contributed by atoms with van der Waals surface area (Å²) in [4.78, 5) is 0.147. The molecule has 0 aliphatic heterocycles. The molecule has 0 heterocycles. The molecule has 2 rings (SSSR count). The Morgan fingerprint density at radius 2 is 1.67 bits per heavy atom. The largest absolute Gasteiger partial charge is 0.264 e. The van der Waals surface area contributed by atoms with Crippen LogP contribution in [0.3, 0.4) is 0 Å². The molecule has 6 heteroatoms. The van der Waals surface area contributed by atoms with E-state index in [4.69, 9.17) is 23.2 Å². The highest BCUT2D eigenvalue weighted by Crippen LogP contribution is 2.30. The van der Waals surface area contributed by atoms with Crippen molar-refractivity contribution in [3.05, 3.63) is 71.2 Å². The molecule has 0 aliphatic rings. The fourth-order valence-corrected chi connectivity index (χ4v) is 3.70. The summed E-state index contributed by atoms with van der Waals surface area (Å²) in [6, 6.07) is 12.8. The molecule has 0 aromatic heterocycles. The van der Waals surface area contributed by atoms with E-state index in [-0.39, 0.29) is 11.4 Å². The molecule has 110 valence electrons. The number of halogens is 2. The molecule has 2 aromatic carbocycles. The summed E-state index contributed by atoms with van der Waals surface area (Å²) in [6.45, 7) is 3.73. The van der Waals surface area contributed by atoms with E-state index in [2.05, 4.69) is 6.58 Å². The van der Waals surface area contributed by atoms with Gasteiger partial charge in [-0.15, -0.1) is 6.58 Å². The Morgan fingerprint density at radius 3 is 2.24 bits per heavy atom. The van der Waals surface area contributed by atoms with Crippen LogP contribution in [0.15, 0.2) is 66.1 Å². The summed E-state index contributed by atoms with van der Waals surface area (Å²) < 4.78 is 26.7. The van der Waals surface area contributed by atoms with E-state index in [0.717, 1.165) is 0 Å². The minimum atomic E-state index is -3.74. The van der Waals surface area contributed by atoms with Crippen LogP contribution < -0.4 is 4.31 Å². The minimum Gasteiger partial charge on any atom is -0.261 e. The first-order valence-corrected chi connectivity index (χ1v) is 8.30. The minimum absolute atomic E-state index is 0.120. The van der Waals surface area contributed by atoms with Crippen molar-refractivity contribution in [3.8, 4) is 0 Å². The van der Waals surface area contributed by atoms with Gasteiger partial charge < -0.3 is 0 Å². The lowest BCUT2D eigenvalue weighted by Gasteiger charge is -2.24. The van der Waals surface area contributed by atoms with Gasteiger partial charge in [0.15, 0.2) is 0 Å². The van der Waals surface area contributed by atoms with Crippen molar-refractivity contribution in [1.82, 2.24) is 0 Å². The van der Waals surface area contributed by atoms with Gasteiger partial charge in [0.1, 0.15) is 0 Å². The summed E-state index contributed by atoms with van der Waals surface area (Å²) in [6.07, 6.45) is 1.51. The Labute approximate surface area is 134 Å². The average molecular weight is 342 g/mol. The van der Waals surface area contributed by atoms with E-state index in [1.54, 1.807) is 24.3 Å². The first-order chi connectivity index (χ1) is 9.96. The molecule has 0 fully saturated rings. The lowest BCUT2D eigenvalue weighted by atomic mass is 10.3. The number of benzene rings is 2. The summed E-state index contributed by atoms with van der Waals surface area (Å²) >= 11 is 11.9. The number of hydrogen-bond acceptors (Lipinski definition) is 2. The Morgan fingerprint density at radius 1 is 1.05 bits per heavy atom. The molecule has 0 aliphatic carbocycles. The molecule has 0 radical (unpaired) electrons. The first-order valence-electron chi connectivity index (χ1n) is 6.10. The van der Waals surface area contributed by atoms with Gasteiger partial charge in [-0.3, -0.25) is 4.31 Å². The maximum Gasteiger partial charge on any atom is 0.264 e. The van der Waals surface area contributed by atoms with Crippen LogP contribution in [0, 0.1) is 0 Å². The molecule has 0 bridgehead atoms. The van der Waals surface area contributed by atoms with E-state index in [1.165, 1.54) is 34.6 Å². The van der Waals surface area contributed by atoms with Crippen molar-refractivity contribution in [3.63, 3.8) is 0 Å². The van der Waals surface area contributed by atoms with Crippen molar-refractivity contribution in [2.75, 3.05) is 10.8 Å². The summed E-state index contributed by atoms with van der Waals surface area (Å²) in [5.74, 6) is 0. The normalized spacial score (nSPS) is 11.1. The molecule has 21 heavy (non-hydrogen) atoms. The number of para-hydroxylation sites is 1. The lowest BCUT2D eigenvalue weighted by Crippen LogP contribution is -2.31. The van der Waals surface area contributed by atoms with Crippen molar-refractivity contribution >= 4 is 38.9 Å². The van der Waals surface area contributed by atoms with E-state index < -0.39 is 10.0 Å². The predicted octanol–water partition coefficient (Wildman–Crippen LogP) is 4.37. The van der Waals surface area contributed by atoms with Gasteiger partial charge in [-0.2, -0.15) is 0 Å². The third kappa shape index (κ3) is 3.40. The second kappa shape index (κ2) is 6.52. The first kappa shape index (κ1) is 15.9. The second-order valence-corrected chi connectivity index (χ2v) is 6.94. The fraction of sp³-hybridized carbons (Fsp3) is 0.0667. The number of anilines is 1. The molecule has 0 saturated carbocycles. The van der Waals surface area contributed by atoms with Gasteiger partial charge in [-0.25, -0.2) is 8.42 Å². The fourth-order valence-electron chi connectivity index (χ4n) is 1.83. The molecule has 0 N–H and O–H groups in total. The summed E-state index contributed by atoms with van der Waals surface area (Å²) in [5.41, 5.74) is 0.411. The highest BCUT2D eigenvalue weighted by Gasteiger charge is 2.25. The maximum atomic E-state index is 12.8. The zero-order valence-electron chi connectivity index (χ0n) is 11.0. The highest BCUT2D eigenvalue weighted by molar-refractivity contribution is 7.92. The van der Waals surface area contributed by atoms with Crippen LogP contribution in [0.1, 0.15) is 0 Å². The van der Waals surface area contributed by atoms with Gasteiger partial charge in [-0.1, -0.05) is 41.4 Å². The lowest BCUT2D eigenvalue weighted by molar-refractivity contribution is 0.593. The Bertz CT molecular complexity index is 743. The van der Waals surface area contributed by atoms with E-state index in [9.17, 15) is 8.42 Å². The zero-order chi connectivity index (χ0) is 15.5. The number of nitrogens with zero attached hydrogens (tertiary/aromatic N) is 1. The topological polar surface area (TPSA) is 37.4 Å². The van der Waals surface area contributed by atoms with E-state index in [1.807, 2.05) is 0 Å². The molecule has 0 amide bonds. The monoisotopic (exact) mass is 341 g/mol. The van der Waals surface area contributed by atoms with Crippen LogP contribution in [0.25, 0.3) is 0 Å². The van der Waals surface area contributed by atoms with Crippen LogP contribution in [0.5, 0.6) is 0 Å². The van der Waals surface area contributed by atoms with Gasteiger partial charge in [-0.05, 0) is 36.4 Å². The maximum absolute atomic E-state index is 12.8. The summed E-state index contributed by atoms with van der Waals surface area (Å²) in [7, 11) is -3.74. The van der Waals surface area contributed by atoms with Crippen molar-refractivity contribution < 1.29 is 8.42 Å². The van der Waals surface area contributed by atoms with Crippen molar-refractivity contribution in [2.45, 2.75) is 4.90 Å². The smallest absolute Gasteiger partial charge is 0.261 e. The molecule has 3 nitrogen and oxygen atoms in total. The molecular weight excluding hydrogens is 329 g/mol.